The largest absolute Gasteiger partial charge is 0.376 e. The highest BCUT2D eigenvalue weighted by atomic mass is 16.2. The van der Waals surface area contributed by atoms with Crippen molar-refractivity contribution in [1.29, 1.82) is 0 Å². The second-order valence-electron chi connectivity index (χ2n) is 8.24. The highest BCUT2D eigenvalue weighted by Gasteiger charge is 2.16. The van der Waals surface area contributed by atoms with Gasteiger partial charge in [0.15, 0.2) is 0 Å². The zero-order valence-electron chi connectivity index (χ0n) is 18.9. The van der Waals surface area contributed by atoms with Gasteiger partial charge in [0.05, 0.1) is 6.54 Å². The van der Waals surface area contributed by atoms with E-state index < -0.39 is 0 Å². The molecular formula is C24H32N4O3. The molecular weight excluding hydrogens is 392 g/mol. The van der Waals surface area contributed by atoms with Crippen molar-refractivity contribution in [3.8, 4) is 0 Å². The van der Waals surface area contributed by atoms with E-state index in [0.29, 0.717) is 35.6 Å². The van der Waals surface area contributed by atoms with Gasteiger partial charge >= 0.3 is 0 Å². The van der Waals surface area contributed by atoms with E-state index in [4.69, 9.17) is 0 Å². The van der Waals surface area contributed by atoms with E-state index in [0.717, 1.165) is 0 Å². The van der Waals surface area contributed by atoms with E-state index in [9.17, 15) is 14.4 Å². The number of benzene rings is 2. The Morgan fingerprint density at radius 1 is 0.871 bits per heavy atom. The number of anilines is 2. The Balaban J connectivity index is 1.97. The Labute approximate surface area is 184 Å². The normalized spacial score (nSPS) is 10.9. The second kappa shape index (κ2) is 10.6. The fourth-order valence-electron chi connectivity index (χ4n) is 2.99. The zero-order chi connectivity index (χ0) is 23.0. The number of amides is 3. The molecule has 3 N–H and O–H groups in total. The number of nitrogens with one attached hydrogen (secondary N) is 3. The van der Waals surface area contributed by atoms with Crippen LogP contribution >= 0.6 is 0 Å². The van der Waals surface area contributed by atoms with E-state index >= 15 is 0 Å². The highest BCUT2D eigenvalue weighted by Crippen LogP contribution is 2.14. The zero-order valence-corrected chi connectivity index (χ0v) is 18.9. The SMILES string of the molecule is CCN(CC)C(=O)c1cccc(NCC(=O)Nc2cccc(C(=O)NC(C)(C)C)c2)c1. The molecule has 0 spiro atoms. The summed E-state index contributed by atoms with van der Waals surface area (Å²) in [7, 11) is 0. The van der Waals surface area contributed by atoms with Crippen LogP contribution in [0.15, 0.2) is 48.5 Å². The van der Waals surface area contributed by atoms with Gasteiger partial charge in [-0.15, -0.1) is 0 Å². The molecule has 7 nitrogen and oxygen atoms in total. The quantitative estimate of drug-likeness (QED) is 0.602. The minimum absolute atomic E-state index is 0.0291. The van der Waals surface area contributed by atoms with Crippen LogP contribution in [0.5, 0.6) is 0 Å². The molecule has 0 aliphatic carbocycles. The minimum atomic E-state index is -0.346. The van der Waals surface area contributed by atoms with Gasteiger partial charge in [-0.3, -0.25) is 14.4 Å². The number of nitrogens with zero attached hydrogens (tertiary/aromatic N) is 1. The van der Waals surface area contributed by atoms with Crippen molar-refractivity contribution in [1.82, 2.24) is 10.2 Å². The first kappa shape index (κ1) is 23.9. The molecule has 166 valence electrons. The Hall–Kier alpha value is -3.35. The van der Waals surface area contributed by atoms with Gasteiger partial charge in [0.1, 0.15) is 0 Å². The Kier molecular flexibility index (Phi) is 8.19. The average Bonchev–Trinajstić information content (AvgIpc) is 2.72. The van der Waals surface area contributed by atoms with Gasteiger partial charge in [-0.2, -0.15) is 0 Å². The average molecular weight is 425 g/mol. The molecule has 0 atom stereocenters. The summed E-state index contributed by atoms with van der Waals surface area (Å²) in [6, 6.07) is 13.9. The molecule has 2 rings (SSSR count). The lowest BCUT2D eigenvalue weighted by atomic mass is 10.1. The molecule has 0 aliphatic heterocycles. The van der Waals surface area contributed by atoms with Crippen molar-refractivity contribution in [3.63, 3.8) is 0 Å². The van der Waals surface area contributed by atoms with Gasteiger partial charge in [0.2, 0.25) is 5.91 Å². The number of hydrogen-bond acceptors (Lipinski definition) is 4. The van der Waals surface area contributed by atoms with Crippen LogP contribution < -0.4 is 16.0 Å². The van der Waals surface area contributed by atoms with E-state index in [1.54, 1.807) is 47.4 Å². The van der Waals surface area contributed by atoms with Crippen molar-refractivity contribution >= 4 is 29.1 Å². The molecule has 0 aromatic heterocycles. The molecule has 31 heavy (non-hydrogen) atoms. The predicted molar refractivity (Wildman–Crippen MR) is 124 cm³/mol. The summed E-state index contributed by atoms with van der Waals surface area (Å²) in [6.45, 7) is 10.9. The van der Waals surface area contributed by atoms with Crippen LogP contribution in [0.4, 0.5) is 11.4 Å². The van der Waals surface area contributed by atoms with E-state index in [-0.39, 0.29) is 29.8 Å². The molecule has 2 aromatic carbocycles. The predicted octanol–water partition coefficient (Wildman–Crippen LogP) is 3.75. The Morgan fingerprint density at radius 2 is 1.45 bits per heavy atom. The van der Waals surface area contributed by atoms with Gasteiger partial charge in [0.25, 0.3) is 11.8 Å². The third-order valence-corrected chi connectivity index (χ3v) is 4.51. The van der Waals surface area contributed by atoms with Crippen LogP contribution in [0, 0.1) is 0 Å². The molecule has 7 heteroatoms. The van der Waals surface area contributed by atoms with Crippen molar-refractivity contribution in [2.45, 2.75) is 40.2 Å². The lowest BCUT2D eigenvalue weighted by molar-refractivity contribution is -0.114. The van der Waals surface area contributed by atoms with E-state index in [2.05, 4.69) is 16.0 Å². The van der Waals surface area contributed by atoms with Crippen LogP contribution in [0.3, 0.4) is 0 Å². The molecule has 0 radical (unpaired) electrons. The first-order valence-electron chi connectivity index (χ1n) is 10.5. The fourth-order valence-corrected chi connectivity index (χ4v) is 2.99. The summed E-state index contributed by atoms with van der Waals surface area (Å²) in [5.74, 6) is -0.492. The van der Waals surface area contributed by atoms with Crippen molar-refractivity contribution < 1.29 is 14.4 Å². The maximum Gasteiger partial charge on any atom is 0.253 e. The van der Waals surface area contributed by atoms with Crippen molar-refractivity contribution in [2.24, 2.45) is 0 Å². The summed E-state index contributed by atoms with van der Waals surface area (Å²) in [4.78, 5) is 38.9. The Morgan fingerprint density at radius 3 is 2.06 bits per heavy atom. The molecule has 0 bridgehead atoms. The van der Waals surface area contributed by atoms with Crippen LogP contribution in [0.2, 0.25) is 0 Å². The fraction of sp³-hybridized carbons (Fsp3) is 0.375. The molecule has 0 aliphatic rings. The Bertz CT molecular complexity index is 930. The summed E-state index contributed by atoms with van der Waals surface area (Å²) < 4.78 is 0. The van der Waals surface area contributed by atoms with Gasteiger partial charge in [-0.05, 0) is 71.0 Å². The highest BCUT2D eigenvalue weighted by molar-refractivity contribution is 5.98. The van der Waals surface area contributed by atoms with Gasteiger partial charge in [-0.1, -0.05) is 12.1 Å². The molecule has 2 aromatic rings. The number of carbonyl (C=O) groups excluding carboxylic acids is 3. The minimum Gasteiger partial charge on any atom is -0.376 e. The summed E-state index contributed by atoms with van der Waals surface area (Å²) in [5, 5.41) is 8.73. The van der Waals surface area contributed by atoms with Gasteiger partial charge in [0, 0.05) is 41.1 Å². The topological polar surface area (TPSA) is 90.5 Å². The van der Waals surface area contributed by atoms with E-state index in [1.165, 1.54) is 0 Å². The number of rotatable bonds is 8. The first-order chi connectivity index (χ1) is 14.6. The summed E-state index contributed by atoms with van der Waals surface area (Å²) >= 11 is 0. The van der Waals surface area contributed by atoms with Crippen LogP contribution in [0.25, 0.3) is 0 Å². The third kappa shape index (κ3) is 7.44. The molecule has 0 heterocycles. The van der Waals surface area contributed by atoms with Crippen LogP contribution in [0.1, 0.15) is 55.3 Å². The monoisotopic (exact) mass is 424 g/mol. The number of carbonyl (C=O) groups is 3. The maximum absolute atomic E-state index is 12.5. The van der Waals surface area contributed by atoms with Crippen LogP contribution in [-0.4, -0.2) is 47.8 Å². The molecule has 0 unspecified atom stereocenters. The summed E-state index contributed by atoms with van der Waals surface area (Å²) in [5.41, 5.74) is 1.93. The van der Waals surface area contributed by atoms with Crippen molar-refractivity contribution in [2.75, 3.05) is 30.3 Å². The standard InChI is InChI=1S/C24H32N4O3/c1-6-28(7-2)23(31)18-11-9-12-19(15-18)25-16-21(29)26-20-13-8-10-17(14-20)22(30)27-24(3,4)5/h8-15,25H,6-7,16H2,1-5H3,(H,26,29)(H,27,30). The lowest BCUT2D eigenvalue weighted by Crippen LogP contribution is -2.40. The molecule has 0 fully saturated rings. The molecule has 0 saturated carbocycles. The van der Waals surface area contributed by atoms with Gasteiger partial charge < -0.3 is 20.9 Å². The lowest BCUT2D eigenvalue weighted by Gasteiger charge is -2.20. The first-order valence-corrected chi connectivity index (χ1v) is 10.5. The second-order valence-corrected chi connectivity index (χ2v) is 8.24. The van der Waals surface area contributed by atoms with E-state index in [1.807, 2.05) is 40.7 Å². The number of hydrogen-bond donors (Lipinski definition) is 3. The maximum atomic E-state index is 12.5. The molecule has 3 amide bonds. The smallest absolute Gasteiger partial charge is 0.253 e. The molecule has 0 saturated heterocycles. The summed E-state index contributed by atoms with van der Waals surface area (Å²) in [6.07, 6.45) is 0. The van der Waals surface area contributed by atoms with Crippen LogP contribution in [-0.2, 0) is 4.79 Å². The third-order valence-electron chi connectivity index (χ3n) is 4.51. The van der Waals surface area contributed by atoms with Gasteiger partial charge in [-0.25, -0.2) is 0 Å². The van der Waals surface area contributed by atoms with Crippen molar-refractivity contribution in [3.05, 3.63) is 59.7 Å².